The summed E-state index contributed by atoms with van der Waals surface area (Å²) in [6.45, 7) is 4.00. The average molecular weight is 906 g/mol. The van der Waals surface area contributed by atoms with Crippen molar-refractivity contribution in [2.24, 2.45) is 0 Å². The number of carbonyl (C=O) groups is 1. The number of anilines is 1. The van der Waals surface area contributed by atoms with Crippen molar-refractivity contribution in [1.82, 2.24) is 0 Å². The minimum absolute atomic E-state index is 0. The van der Waals surface area contributed by atoms with E-state index in [2.05, 4.69) is 0 Å². The van der Waals surface area contributed by atoms with E-state index in [1.165, 1.54) is 11.8 Å². The van der Waals surface area contributed by atoms with Gasteiger partial charge >= 0.3 is 0 Å². The molecule has 0 atom stereocenters. The molecule has 0 unspecified atom stereocenters. The van der Waals surface area contributed by atoms with Crippen LogP contribution in [0.4, 0.5) is 10.5 Å². The maximum absolute atomic E-state index is 12.1. The second kappa shape index (κ2) is 32.7. The number of amides is 1. The first-order valence-corrected chi connectivity index (χ1v) is 8.36. The van der Waals surface area contributed by atoms with Crippen molar-refractivity contribution < 1.29 is 201 Å². The molecule has 0 N–H and O–H groups in total. The van der Waals surface area contributed by atoms with Gasteiger partial charge in [0.05, 0.1) is 10.6 Å². The van der Waals surface area contributed by atoms with Gasteiger partial charge in [-0.25, -0.2) is 0 Å². The van der Waals surface area contributed by atoms with Crippen LogP contribution in [0.3, 0.4) is 0 Å². The van der Waals surface area contributed by atoms with Crippen LogP contribution >= 0.6 is 24.0 Å². The number of hydrogen-bond donors (Lipinski definition) is 0. The molecule has 154 valence electrons. The topological polar surface area (TPSA) is 20.3 Å². The molecule has 3 rings (SSSR count). The molecule has 2 nitrogen and oxygen atoms in total. The van der Waals surface area contributed by atoms with Crippen molar-refractivity contribution in [3.8, 4) is 0 Å². The predicted octanol–water partition coefficient (Wildman–Crippen LogP) is 7.09. The van der Waals surface area contributed by atoms with E-state index in [-0.39, 0.29) is 224 Å². The van der Waals surface area contributed by atoms with Gasteiger partial charge in [0, 0.05) is 196 Å². The van der Waals surface area contributed by atoms with Gasteiger partial charge in [-0.3, -0.25) is 9.69 Å². The Hall–Kier alpha value is 4.71. The zero-order chi connectivity index (χ0) is 15.9. The van der Waals surface area contributed by atoms with Crippen LogP contribution in [-0.4, -0.2) is 10.2 Å². The standard InChI is InChI=1S/C16H11NOS2.C2H6.3CH3.6Y/c18-16-17(13-9-5-2-6-10-13)15(19)14(20-16)11-12-7-3-1-4-8-12;1-2;;;;;;;;;/h1-11H;1-2H3;3*1H3;;;;;;/q;;3*-1;;;;;;/b14-11-;;;;;;;;;;. The number of thioether (sulfide) groups is 1. The number of thiocarbonyl (C=S) groups is 1. The van der Waals surface area contributed by atoms with E-state index in [4.69, 9.17) is 12.2 Å². The molecular weight excluding hydrogens is 880 g/mol. The zero-order valence-electron chi connectivity index (χ0n) is 19.0. The fourth-order valence-corrected chi connectivity index (χ4v) is 3.25. The van der Waals surface area contributed by atoms with Crippen LogP contribution in [0.5, 0.6) is 0 Å². The van der Waals surface area contributed by atoms with Gasteiger partial charge in [0.2, 0.25) is 0 Å². The van der Waals surface area contributed by atoms with Crippen LogP contribution in [0.15, 0.2) is 65.6 Å². The average Bonchev–Trinajstić information content (AvgIpc) is 2.85. The summed E-state index contributed by atoms with van der Waals surface area (Å²) in [5, 5.41) is -0.0524. The van der Waals surface area contributed by atoms with E-state index in [1.54, 1.807) is 4.90 Å². The van der Waals surface area contributed by atoms with Crippen LogP contribution < -0.4 is 4.90 Å². The van der Waals surface area contributed by atoms with Gasteiger partial charge in [0.25, 0.3) is 5.24 Å². The third kappa shape index (κ3) is 18.6. The number of para-hydroxylation sites is 1. The Bertz CT molecular complexity index is 704. The summed E-state index contributed by atoms with van der Waals surface area (Å²) in [5.74, 6) is 0. The molecule has 1 aliphatic rings. The van der Waals surface area contributed by atoms with Crippen molar-refractivity contribution in [2.45, 2.75) is 13.8 Å². The summed E-state index contributed by atoms with van der Waals surface area (Å²) in [4.78, 5) is 15.1. The Morgan fingerprint density at radius 2 is 1.13 bits per heavy atom. The van der Waals surface area contributed by atoms with E-state index in [0.717, 1.165) is 16.2 Å². The fraction of sp³-hybridized carbons (Fsp3) is 0.0952. The summed E-state index contributed by atoms with van der Waals surface area (Å²) in [6.07, 6.45) is 1.95. The summed E-state index contributed by atoms with van der Waals surface area (Å²) < 4.78 is 0. The van der Waals surface area contributed by atoms with Gasteiger partial charge in [-0.15, -0.1) is 0 Å². The second-order valence-corrected chi connectivity index (χ2v) is 5.64. The molecule has 10 heteroatoms. The zero-order valence-corrected chi connectivity index (χ0v) is 37.6. The molecule has 0 aliphatic carbocycles. The van der Waals surface area contributed by atoms with Crippen molar-refractivity contribution in [2.75, 3.05) is 4.90 Å². The molecule has 6 radical (unpaired) electrons. The largest absolute Gasteiger partial charge is 0.358 e. The van der Waals surface area contributed by atoms with Gasteiger partial charge < -0.3 is 22.3 Å². The predicted molar refractivity (Wildman–Crippen MR) is 120 cm³/mol. The smallest absolute Gasteiger partial charge is 0.296 e. The van der Waals surface area contributed by atoms with Gasteiger partial charge in [-0.2, -0.15) is 0 Å². The number of benzene rings is 2. The van der Waals surface area contributed by atoms with Gasteiger partial charge in [0.1, 0.15) is 4.99 Å². The van der Waals surface area contributed by atoms with Crippen molar-refractivity contribution in [1.29, 1.82) is 0 Å². The van der Waals surface area contributed by atoms with E-state index in [1.807, 2.05) is 80.6 Å². The summed E-state index contributed by atoms with van der Waals surface area (Å²) in [7, 11) is 0. The monoisotopic (exact) mass is 906 g/mol. The van der Waals surface area contributed by atoms with Gasteiger partial charge in [0.15, 0.2) is 0 Å². The third-order valence-corrected chi connectivity index (χ3v) is 4.33. The van der Waals surface area contributed by atoms with Crippen LogP contribution in [0, 0.1) is 22.3 Å². The number of rotatable bonds is 2. The van der Waals surface area contributed by atoms with Crippen molar-refractivity contribution in [3.63, 3.8) is 0 Å². The van der Waals surface area contributed by atoms with Crippen molar-refractivity contribution in [3.05, 3.63) is 93.4 Å². The van der Waals surface area contributed by atoms with Crippen LogP contribution in [-0.2, 0) is 196 Å². The molecule has 0 spiro atoms. The first kappa shape index (κ1) is 56.0. The maximum Gasteiger partial charge on any atom is 0.296 e. The first-order valence-electron chi connectivity index (χ1n) is 7.14. The Morgan fingerprint density at radius 1 is 0.742 bits per heavy atom. The van der Waals surface area contributed by atoms with E-state index < -0.39 is 0 Å². The molecule has 31 heavy (non-hydrogen) atoms. The van der Waals surface area contributed by atoms with E-state index in [0.29, 0.717) is 4.99 Å². The normalized spacial score (nSPS) is 11.2. The molecule has 1 fully saturated rings. The number of carbonyl (C=O) groups excluding carboxylic acids is 1. The fourth-order valence-electron chi connectivity index (χ4n) is 1.97. The Labute approximate surface area is 351 Å². The van der Waals surface area contributed by atoms with E-state index >= 15 is 0 Å². The molecule has 2 aromatic rings. The first-order chi connectivity index (χ1) is 10.8. The number of hydrogen-bond acceptors (Lipinski definition) is 3. The summed E-state index contributed by atoms with van der Waals surface area (Å²) in [6, 6.07) is 19.4. The van der Waals surface area contributed by atoms with Gasteiger partial charge in [-0.05, 0) is 35.5 Å². The molecule has 1 aliphatic heterocycles. The summed E-state index contributed by atoms with van der Waals surface area (Å²) in [5.41, 5.74) is 1.85. The molecule has 1 amide bonds. The molecular formula is C21H26NOS2Y6-3. The summed E-state index contributed by atoms with van der Waals surface area (Å²) >= 11 is 6.61. The van der Waals surface area contributed by atoms with Crippen LogP contribution in [0.25, 0.3) is 6.08 Å². The number of nitrogens with zero attached hydrogens (tertiary/aromatic N) is 1. The third-order valence-electron chi connectivity index (χ3n) is 2.91. The Kier molecular flexibility index (Phi) is 59.2. The van der Waals surface area contributed by atoms with Gasteiger partial charge in [-0.1, -0.05) is 74.6 Å². The minimum atomic E-state index is -0.0524. The van der Waals surface area contributed by atoms with E-state index in [9.17, 15) is 4.79 Å². The molecule has 1 heterocycles. The quantitative estimate of drug-likeness (QED) is 0.183. The minimum Gasteiger partial charge on any atom is -0.358 e. The van der Waals surface area contributed by atoms with Crippen LogP contribution in [0.1, 0.15) is 19.4 Å². The van der Waals surface area contributed by atoms with Crippen LogP contribution in [0.2, 0.25) is 0 Å². The molecule has 0 aromatic heterocycles. The SMILES string of the molecule is CC.O=C1S/C(=C\c2ccccc2)C(=S)N1c1ccccc1.[CH3-].[CH3-].[CH3-].[Y].[Y].[Y].[Y].[Y].[Y]. The maximum atomic E-state index is 12.1. The Morgan fingerprint density at radius 3 is 1.55 bits per heavy atom. The molecule has 0 saturated carbocycles. The Balaban J connectivity index is -0.0000000780. The van der Waals surface area contributed by atoms with Crippen molar-refractivity contribution >= 4 is 46.0 Å². The molecule has 2 aromatic carbocycles. The molecule has 0 bridgehead atoms. The second-order valence-electron chi connectivity index (χ2n) is 4.26. The molecule has 1 saturated heterocycles.